The monoisotopic (exact) mass is 801 g/mol. The van der Waals surface area contributed by atoms with Gasteiger partial charge in [-0.05, 0) is 88.3 Å². The van der Waals surface area contributed by atoms with E-state index in [2.05, 4.69) is 226 Å². The Labute approximate surface area is 360 Å². The van der Waals surface area contributed by atoms with Gasteiger partial charge in [-0.2, -0.15) is 0 Å². The fraction of sp³-hybridized carbons (Fsp3) is 0. The SMILES string of the molecule is c1ccc(-n2c3ccccc3c3ccc(-c4nc(-n5c6ccc(-n7c8ccccc8c8c9ccccc9ccc87)cc6c6c7ccccc7ccc65)nc5ccccc45)cc32)cc1. The fourth-order valence-electron chi connectivity index (χ4n) is 10.5. The molecule has 0 unspecified atom stereocenters. The lowest BCUT2D eigenvalue weighted by Gasteiger charge is -2.13. The van der Waals surface area contributed by atoms with Gasteiger partial charge in [-0.3, -0.25) is 4.57 Å². The maximum Gasteiger partial charge on any atom is 0.235 e. The number of para-hydroxylation sites is 4. The summed E-state index contributed by atoms with van der Waals surface area (Å²) in [6.45, 7) is 0. The third-order valence-electron chi connectivity index (χ3n) is 13.2. The van der Waals surface area contributed by atoms with Crippen LogP contribution in [0.25, 0.3) is 126 Å². The first-order valence-corrected chi connectivity index (χ1v) is 21.5. The van der Waals surface area contributed by atoms with E-state index in [4.69, 9.17) is 9.97 Å². The molecule has 0 saturated carbocycles. The number of hydrogen-bond acceptors (Lipinski definition) is 2. The molecule has 63 heavy (non-hydrogen) atoms. The van der Waals surface area contributed by atoms with Gasteiger partial charge in [-0.1, -0.05) is 146 Å². The van der Waals surface area contributed by atoms with Gasteiger partial charge < -0.3 is 9.13 Å². The maximum absolute atomic E-state index is 5.58. The lowest BCUT2D eigenvalue weighted by Crippen LogP contribution is -2.03. The zero-order valence-electron chi connectivity index (χ0n) is 33.9. The van der Waals surface area contributed by atoms with Crippen LogP contribution in [-0.2, 0) is 0 Å². The Morgan fingerprint density at radius 3 is 1.59 bits per heavy atom. The number of rotatable bonds is 4. The van der Waals surface area contributed by atoms with E-state index < -0.39 is 0 Å². The largest absolute Gasteiger partial charge is 0.309 e. The lowest BCUT2D eigenvalue weighted by molar-refractivity contribution is 1.01. The topological polar surface area (TPSA) is 40.6 Å². The second-order valence-corrected chi connectivity index (χ2v) is 16.6. The number of benzene rings is 10. The molecule has 10 aromatic carbocycles. The molecule has 14 aromatic rings. The van der Waals surface area contributed by atoms with Crippen LogP contribution in [0.3, 0.4) is 0 Å². The first-order valence-electron chi connectivity index (χ1n) is 21.5. The molecule has 0 bridgehead atoms. The first-order chi connectivity index (χ1) is 31.3. The summed E-state index contributed by atoms with van der Waals surface area (Å²) in [7, 11) is 0. The summed E-state index contributed by atoms with van der Waals surface area (Å²) < 4.78 is 7.07. The lowest BCUT2D eigenvalue weighted by atomic mass is 10.0. The molecule has 0 N–H and O–H groups in total. The molecule has 0 saturated heterocycles. The van der Waals surface area contributed by atoms with Gasteiger partial charge in [0.15, 0.2) is 0 Å². The second kappa shape index (κ2) is 13.0. The summed E-state index contributed by atoms with van der Waals surface area (Å²) in [6.07, 6.45) is 0. The zero-order chi connectivity index (χ0) is 41.2. The molecule has 0 atom stereocenters. The molecule has 14 rings (SSSR count). The third kappa shape index (κ3) is 4.87. The highest BCUT2D eigenvalue weighted by atomic mass is 15.2. The number of aromatic nitrogens is 5. The quantitative estimate of drug-likeness (QED) is 0.178. The Balaban J connectivity index is 1.04. The Morgan fingerprint density at radius 2 is 0.825 bits per heavy atom. The molecule has 0 aliphatic carbocycles. The standard InChI is InChI=1S/C58H35N5/c1-2-16-39(17-3-1)61-49-24-12-9-20-43(49)44-30-26-38(34-54(44)61)57-45-21-8-11-23-48(45)59-58(60-57)63-51-33-29-40(35-47(51)56-42-19-7-5-15-37(42)28-32-53(56)63)62-50-25-13-10-22-46(50)55-41-18-6-4-14-36(41)27-31-52(55)62/h1-35H. The van der Waals surface area contributed by atoms with Crippen LogP contribution in [0, 0.1) is 0 Å². The minimum Gasteiger partial charge on any atom is -0.309 e. The highest BCUT2D eigenvalue weighted by Gasteiger charge is 2.22. The van der Waals surface area contributed by atoms with E-state index in [0.29, 0.717) is 5.95 Å². The van der Waals surface area contributed by atoms with Crippen molar-refractivity contribution in [3.05, 3.63) is 212 Å². The average molecular weight is 802 g/mol. The van der Waals surface area contributed by atoms with Crippen LogP contribution in [0.15, 0.2) is 212 Å². The van der Waals surface area contributed by atoms with Gasteiger partial charge in [-0.25, -0.2) is 9.97 Å². The Morgan fingerprint density at radius 1 is 0.286 bits per heavy atom. The van der Waals surface area contributed by atoms with Crippen LogP contribution in [-0.4, -0.2) is 23.7 Å². The molecule has 0 aliphatic rings. The van der Waals surface area contributed by atoms with Gasteiger partial charge in [0.05, 0.1) is 44.3 Å². The summed E-state index contributed by atoms with van der Waals surface area (Å²) >= 11 is 0. The van der Waals surface area contributed by atoms with Crippen molar-refractivity contribution in [2.24, 2.45) is 0 Å². The van der Waals surface area contributed by atoms with E-state index in [0.717, 1.165) is 55.5 Å². The van der Waals surface area contributed by atoms with Crippen molar-refractivity contribution in [2.45, 2.75) is 0 Å². The van der Waals surface area contributed by atoms with Crippen LogP contribution in [0.4, 0.5) is 0 Å². The van der Waals surface area contributed by atoms with Gasteiger partial charge in [0.2, 0.25) is 5.95 Å². The number of fused-ring (bicyclic) bond motifs is 14. The normalized spacial score (nSPS) is 12.1. The predicted octanol–water partition coefficient (Wildman–Crippen LogP) is 14.9. The first kappa shape index (κ1) is 34.2. The minimum atomic E-state index is 0.638. The molecule has 292 valence electrons. The zero-order valence-corrected chi connectivity index (χ0v) is 33.9. The third-order valence-corrected chi connectivity index (χ3v) is 13.2. The van der Waals surface area contributed by atoms with Gasteiger partial charge >= 0.3 is 0 Å². The molecule has 5 nitrogen and oxygen atoms in total. The molecule has 5 heteroatoms. The van der Waals surface area contributed by atoms with Crippen molar-refractivity contribution in [1.29, 1.82) is 0 Å². The van der Waals surface area contributed by atoms with Gasteiger partial charge in [0.1, 0.15) is 0 Å². The number of nitrogens with zero attached hydrogens (tertiary/aromatic N) is 5. The van der Waals surface area contributed by atoms with E-state index in [1.165, 1.54) is 65.0 Å². The maximum atomic E-state index is 5.58. The Bertz CT molecular complexity index is 4210. The highest BCUT2D eigenvalue weighted by molar-refractivity contribution is 6.23. The molecule has 0 spiro atoms. The summed E-state index contributed by atoms with van der Waals surface area (Å²) in [5, 5.41) is 13.2. The predicted molar refractivity (Wildman–Crippen MR) is 263 cm³/mol. The van der Waals surface area contributed by atoms with E-state index >= 15 is 0 Å². The summed E-state index contributed by atoms with van der Waals surface area (Å²) in [5.41, 5.74) is 11.9. The van der Waals surface area contributed by atoms with Gasteiger partial charge in [-0.15, -0.1) is 0 Å². The van der Waals surface area contributed by atoms with Gasteiger partial charge in [0.25, 0.3) is 0 Å². The van der Waals surface area contributed by atoms with Crippen molar-refractivity contribution < 1.29 is 0 Å². The van der Waals surface area contributed by atoms with Crippen LogP contribution in [0.1, 0.15) is 0 Å². The van der Waals surface area contributed by atoms with Crippen molar-refractivity contribution in [1.82, 2.24) is 23.7 Å². The summed E-state index contributed by atoms with van der Waals surface area (Å²) in [5.74, 6) is 0.638. The van der Waals surface area contributed by atoms with Crippen molar-refractivity contribution in [2.75, 3.05) is 0 Å². The molecule has 0 aliphatic heterocycles. The smallest absolute Gasteiger partial charge is 0.235 e. The van der Waals surface area contributed by atoms with E-state index in [1.54, 1.807) is 0 Å². The van der Waals surface area contributed by atoms with Crippen LogP contribution in [0.5, 0.6) is 0 Å². The molecule has 0 radical (unpaired) electrons. The average Bonchev–Trinajstić information content (AvgIpc) is 3.99. The molecule has 4 heterocycles. The van der Waals surface area contributed by atoms with Crippen LogP contribution in [0.2, 0.25) is 0 Å². The summed E-state index contributed by atoms with van der Waals surface area (Å²) in [6, 6.07) is 76.6. The number of hydrogen-bond donors (Lipinski definition) is 0. The second-order valence-electron chi connectivity index (χ2n) is 16.6. The summed E-state index contributed by atoms with van der Waals surface area (Å²) in [4.78, 5) is 10.9. The molecule has 0 amide bonds. The molecular formula is C58H35N5. The molecule has 4 aromatic heterocycles. The molecular weight excluding hydrogens is 767 g/mol. The van der Waals surface area contributed by atoms with Crippen molar-refractivity contribution in [3.8, 4) is 28.6 Å². The Hall–Kier alpha value is -8.54. The van der Waals surface area contributed by atoms with E-state index in [1.807, 2.05) is 0 Å². The van der Waals surface area contributed by atoms with E-state index in [-0.39, 0.29) is 0 Å². The van der Waals surface area contributed by atoms with Crippen molar-refractivity contribution >= 4 is 97.9 Å². The molecule has 0 fully saturated rings. The Kier molecular flexibility index (Phi) is 7.05. The van der Waals surface area contributed by atoms with Crippen LogP contribution >= 0.6 is 0 Å². The van der Waals surface area contributed by atoms with E-state index in [9.17, 15) is 0 Å². The minimum absolute atomic E-state index is 0.638. The fourth-order valence-corrected chi connectivity index (χ4v) is 10.5. The highest BCUT2D eigenvalue weighted by Crippen LogP contribution is 2.42. The van der Waals surface area contributed by atoms with Gasteiger partial charge in [0, 0.05) is 54.6 Å². The van der Waals surface area contributed by atoms with Crippen molar-refractivity contribution in [3.63, 3.8) is 0 Å². The van der Waals surface area contributed by atoms with Crippen LogP contribution < -0.4 is 0 Å².